The van der Waals surface area contributed by atoms with E-state index >= 15 is 0 Å². The van der Waals surface area contributed by atoms with Gasteiger partial charge in [0.1, 0.15) is 6.61 Å². The van der Waals surface area contributed by atoms with Crippen LogP contribution in [0.3, 0.4) is 0 Å². The molecule has 1 aliphatic rings. The molecule has 1 aromatic carbocycles. The third-order valence-corrected chi connectivity index (χ3v) is 4.33. The van der Waals surface area contributed by atoms with Crippen LogP contribution in [-0.4, -0.2) is 36.4 Å². The molecular weight excluding hydrogens is 290 g/mol. The molecule has 4 nitrogen and oxygen atoms in total. The Morgan fingerprint density at radius 3 is 2.52 bits per heavy atom. The molecule has 1 N–H and O–H groups in total. The summed E-state index contributed by atoms with van der Waals surface area (Å²) in [5.41, 5.74) is 2.20. The molecule has 1 aromatic rings. The van der Waals surface area contributed by atoms with Crippen LogP contribution in [0.2, 0.25) is 0 Å². The van der Waals surface area contributed by atoms with Crippen LogP contribution in [0.4, 0.5) is 5.69 Å². The van der Waals surface area contributed by atoms with Gasteiger partial charge in [0.15, 0.2) is 0 Å². The van der Waals surface area contributed by atoms with E-state index in [0.717, 1.165) is 18.5 Å². The normalized spacial score (nSPS) is 16.3. The first-order valence-corrected chi connectivity index (χ1v) is 8.79. The van der Waals surface area contributed by atoms with Gasteiger partial charge in [-0.2, -0.15) is 0 Å². The summed E-state index contributed by atoms with van der Waals surface area (Å²) in [5.74, 6) is -0.292. The Morgan fingerprint density at radius 1 is 1.30 bits per heavy atom. The highest BCUT2D eigenvalue weighted by Gasteiger charge is 2.22. The molecule has 4 heteroatoms. The Labute approximate surface area is 139 Å². The zero-order valence-electron chi connectivity index (χ0n) is 14.3. The molecule has 1 atom stereocenters. The fourth-order valence-electron chi connectivity index (χ4n) is 3.22. The maximum atomic E-state index is 11.7. The van der Waals surface area contributed by atoms with Gasteiger partial charge in [-0.25, -0.2) is 0 Å². The van der Waals surface area contributed by atoms with Gasteiger partial charge < -0.3 is 14.7 Å². The number of aliphatic hydroxyl groups excluding tert-OH is 1. The van der Waals surface area contributed by atoms with Gasteiger partial charge in [-0.3, -0.25) is 4.79 Å². The maximum absolute atomic E-state index is 11.7. The second kappa shape index (κ2) is 8.92. The van der Waals surface area contributed by atoms with E-state index in [1.54, 1.807) is 6.92 Å². The van der Waals surface area contributed by atoms with Gasteiger partial charge in [0, 0.05) is 18.3 Å². The van der Waals surface area contributed by atoms with Gasteiger partial charge in [-0.15, -0.1) is 0 Å². The van der Waals surface area contributed by atoms with Crippen LogP contribution < -0.4 is 4.90 Å². The fourth-order valence-corrected chi connectivity index (χ4v) is 3.22. The Kier molecular flexibility index (Phi) is 6.90. The van der Waals surface area contributed by atoms with Gasteiger partial charge in [0.2, 0.25) is 0 Å². The average Bonchev–Trinajstić information content (AvgIpc) is 3.06. The van der Waals surface area contributed by atoms with Gasteiger partial charge in [-0.1, -0.05) is 31.9 Å². The predicted molar refractivity (Wildman–Crippen MR) is 92.7 cm³/mol. The summed E-state index contributed by atoms with van der Waals surface area (Å²) in [6, 6.07) is 8.92. The molecule has 0 bridgehead atoms. The van der Waals surface area contributed by atoms with E-state index in [1.165, 1.54) is 31.4 Å². The van der Waals surface area contributed by atoms with Crippen molar-refractivity contribution in [2.24, 2.45) is 0 Å². The largest absolute Gasteiger partial charge is 0.463 e. The van der Waals surface area contributed by atoms with E-state index < -0.39 is 6.10 Å². The summed E-state index contributed by atoms with van der Waals surface area (Å²) in [5, 5.41) is 9.14. The summed E-state index contributed by atoms with van der Waals surface area (Å²) in [6.45, 7) is 4.96. The Balaban J connectivity index is 1.95. The van der Waals surface area contributed by atoms with E-state index in [4.69, 9.17) is 9.84 Å². The fraction of sp³-hybridized carbons (Fsp3) is 0.632. The summed E-state index contributed by atoms with van der Waals surface area (Å²) < 4.78 is 5.01. The van der Waals surface area contributed by atoms with Crippen LogP contribution in [0.15, 0.2) is 24.3 Å². The smallest absolute Gasteiger partial charge is 0.310 e. The lowest BCUT2D eigenvalue weighted by Crippen LogP contribution is -2.33. The zero-order valence-corrected chi connectivity index (χ0v) is 14.3. The number of carbonyl (C=O) groups excluding carboxylic acids is 1. The van der Waals surface area contributed by atoms with Crippen molar-refractivity contribution < 1.29 is 14.6 Å². The van der Waals surface area contributed by atoms with Crippen molar-refractivity contribution in [3.8, 4) is 0 Å². The zero-order chi connectivity index (χ0) is 16.7. The number of carbonyl (C=O) groups is 1. The number of ether oxygens (including phenoxy) is 1. The Morgan fingerprint density at radius 2 is 1.96 bits per heavy atom. The van der Waals surface area contributed by atoms with Crippen molar-refractivity contribution in [2.75, 3.05) is 18.1 Å². The first kappa shape index (κ1) is 17.8. The molecule has 1 fully saturated rings. The molecule has 1 saturated carbocycles. The van der Waals surface area contributed by atoms with Gasteiger partial charge in [-0.05, 0) is 43.9 Å². The first-order valence-electron chi connectivity index (χ1n) is 8.79. The molecule has 23 heavy (non-hydrogen) atoms. The monoisotopic (exact) mass is 319 g/mol. The van der Waals surface area contributed by atoms with Gasteiger partial charge in [0.05, 0.1) is 12.5 Å². The van der Waals surface area contributed by atoms with Crippen LogP contribution in [-0.2, 0) is 16.0 Å². The summed E-state index contributed by atoms with van der Waals surface area (Å²) in [7, 11) is 0. The molecule has 0 spiro atoms. The minimum absolute atomic E-state index is 0.0584. The standard InChI is InChI=1S/C19H29NO3/c1-3-12-20(17-6-4-5-7-17)18-10-8-16(9-11-18)13-19(22)23-14-15(2)21/h8-11,15,17,21H,3-7,12-14H2,1-2H3. The topological polar surface area (TPSA) is 49.8 Å². The van der Waals surface area contributed by atoms with E-state index in [2.05, 4.69) is 24.0 Å². The maximum Gasteiger partial charge on any atom is 0.310 e. The molecular formula is C19H29NO3. The molecule has 0 amide bonds. The number of aliphatic hydroxyl groups is 1. The lowest BCUT2D eigenvalue weighted by molar-refractivity contribution is -0.145. The van der Waals surface area contributed by atoms with Crippen molar-refractivity contribution in [1.29, 1.82) is 0 Å². The summed E-state index contributed by atoms with van der Waals surface area (Å²) in [6.07, 6.45) is 6.01. The molecule has 0 aromatic heterocycles. The SMILES string of the molecule is CCCN(c1ccc(CC(=O)OCC(C)O)cc1)C1CCCC1. The third kappa shape index (κ3) is 5.54. The van der Waals surface area contributed by atoms with E-state index in [0.29, 0.717) is 6.04 Å². The van der Waals surface area contributed by atoms with Crippen molar-refractivity contribution in [2.45, 2.75) is 64.5 Å². The Bertz CT molecular complexity index is 478. The molecule has 0 radical (unpaired) electrons. The van der Waals surface area contributed by atoms with Crippen molar-refractivity contribution in [3.63, 3.8) is 0 Å². The predicted octanol–water partition coefficient (Wildman–Crippen LogP) is 3.31. The van der Waals surface area contributed by atoms with E-state index in [9.17, 15) is 4.79 Å². The van der Waals surface area contributed by atoms with Crippen LogP contribution in [0.1, 0.15) is 51.5 Å². The second-order valence-electron chi connectivity index (χ2n) is 6.51. The number of hydrogen-bond donors (Lipinski definition) is 1. The Hall–Kier alpha value is -1.55. The first-order chi connectivity index (χ1) is 11.1. The number of hydrogen-bond acceptors (Lipinski definition) is 4. The highest BCUT2D eigenvalue weighted by atomic mass is 16.5. The number of rotatable bonds is 8. The highest BCUT2D eigenvalue weighted by molar-refractivity contribution is 5.72. The van der Waals surface area contributed by atoms with Crippen molar-refractivity contribution in [1.82, 2.24) is 0 Å². The number of anilines is 1. The molecule has 1 aliphatic carbocycles. The van der Waals surface area contributed by atoms with Crippen LogP contribution >= 0.6 is 0 Å². The quantitative estimate of drug-likeness (QED) is 0.747. The number of esters is 1. The van der Waals surface area contributed by atoms with Crippen LogP contribution in [0.25, 0.3) is 0 Å². The molecule has 0 saturated heterocycles. The highest BCUT2D eigenvalue weighted by Crippen LogP contribution is 2.28. The van der Waals surface area contributed by atoms with Gasteiger partial charge in [0.25, 0.3) is 0 Å². The van der Waals surface area contributed by atoms with Gasteiger partial charge >= 0.3 is 5.97 Å². The van der Waals surface area contributed by atoms with E-state index in [-0.39, 0.29) is 19.0 Å². The molecule has 0 aliphatic heterocycles. The molecule has 0 heterocycles. The van der Waals surface area contributed by atoms with E-state index in [1.807, 2.05) is 12.1 Å². The average molecular weight is 319 g/mol. The third-order valence-electron chi connectivity index (χ3n) is 4.33. The number of benzene rings is 1. The van der Waals surface area contributed by atoms with Crippen molar-refractivity contribution in [3.05, 3.63) is 29.8 Å². The minimum atomic E-state index is -0.615. The van der Waals surface area contributed by atoms with Crippen LogP contribution in [0, 0.1) is 0 Å². The number of nitrogens with zero attached hydrogens (tertiary/aromatic N) is 1. The summed E-state index contributed by atoms with van der Waals surface area (Å²) >= 11 is 0. The minimum Gasteiger partial charge on any atom is -0.463 e. The second-order valence-corrected chi connectivity index (χ2v) is 6.51. The molecule has 1 unspecified atom stereocenters. The lowest BCUT2D eigenvalue weighted by Gasteiger charge is -2.31. The summed E-state index contributed by atoms with van der Waals surface area (Å²) in [4.78, 5) is 14.2. The molecule has 128 valence electrons. The van der Waals surface area contributed by atoms with Crippen molar-refractivity contribution >= 4 is 11.7 Å². The van der Waals surface area contributed by atoms with Crippen LogP contribution in [0.5, 0.6) is 0 Å². The molecule has 2 rings (SSSR count). The lowest BCUT2D eigenvalue weighted by atomic mass is 10.1.